The van der Waals surface area contributed by atoms with E-state index >= 15 is 0 Å². The lowest BCUT2D eigenvalue weighted by Gasteiger charge is -2.27. The summed E-state index contributed by atoms with van der Waals surface area (Å²) in [5, 5.41) is 5.59. The first kappa shape index (κ1) is 14.6. The number of carbonyl (C=O) groups excluding carboxylic acids is 1. The predicted octanol–water partition coefficient (Wildman–Crippen LogP) is 1.74. The molecule has 2 N–H and O–H groups in total. The molecule has 3 nitrogen and oxygen atoms in total. The molecule has 0 bridgehead atoms. The lowest BCUT2D eigenvalue weighted by atomic mass is 9.94. The molecule has 1 rings (SSSR count). The molecule has 1 saturated heterocycles. The summed E-state index contributed by atoms with van der Waals surface area (Å²) in [6.07, 6.45) is 1.78. The number of alkyl halides is 3. The zero-order valence-corrected chi connectivity index (χ0v) is 10.5. The summed E-state index contributed by atoms with van der Waals surface area (Å²) in [6.45, 7) is 2.91. The van der Waals surface area contributed by atoms with E-state index in [0.717, 1.165) is 19.4 Å². The second-order valence-electron chi connectivity index (χ2n) is 4.22. The molecule has 0 spiro atoms. The molecule has 1 fully saturated rings. The maximum atomic E-state index is 11.8. The summed E-state index contributed by atoms with van der Waals surface area (Å²) in [5.41, 5.74) is -4.22. The summed E-state index contributed by atoms with van der Waals surface area (Å²) in [7, 11) is 0. The third kappa shape index (κ3) is 6.16. The highest BCUT2D eigenvalue weighted by Gasteiger charge is 2.28. The van der Waals surface area contributed by atoms with Crippen molar-refractivity contribution in [1.82, 2.24) is 10.6 Å². The molecule has 1 heterocycles. The Morgan fingerprint density at radius 2 is 2.24 bits per heavy atom. The number of hydrogen-bond acceptors (Lipinski definition) is 3. The van der Waals surface area contributed by atoms with Gasteiger partial charge in [0.1, 0.15) is 0 Å². The lowest BCUT2D eigenvalue weighted by Crippen LogP contribution is -2.48. The number of piperidine rings is 1. The number of hydrogen-bond donors (Lipinski definition) is 2. The van der Waals surface area contributed by atoms with E-state index in [1.165, 1.54) is 0 Å². The quantitative estimate of drug-likeness (QED) is 0.765. The van der Waals surface area contributed by atoms with Crippen molar-refractivity contribution in [2.24, 2.45) is 5.92 Å². The van der Waals surface area contributed by atoms with Crippen molar-refractivity contribution in [3.63, 3.8) is 0 Å². The van der Waals surface area contributed by atoms with E-state index in [0.29, 0.717) is 5.92 Å². The van der Waals surface area contributed by atoms with Gasteiger partial charge >= 0.3 is 5.51 Å². The Labute approximate surface area is 103 Å². The van der Waals surface area contributed by atoms with Crippen molar-refractivity contribution in [2.75, 3.05) is 18.8 Å². The zero-order valence-electron chi connectivity index (χ0n) is 9.64. The first-order valence-corrected chi connectivity index (χ1v) is 6.59. The van der Waals surface area contributed by atoms with Crippen molar-refractivity contribution in [3.05, 3.63) is 0 Å². The van der Waals surface area contributed by atoms with Crippen LogP contribution >= 0.6 is 11.8 Å². The van der Waals surface area contributed by atoms with Gasteiger partial charge in [0.25, 0.3) is 0 Å². The van der Waals surface area contributed by atoms with Gasteiger partial charge in [0.15, 0.2) is 0 Å². The Kier molecular flexibility index (Phi) is 5.58. The minimum absolute atomic E-state index is 0.0512. The number of amides is 1. The minimum Gasteiger partial charge on any atom is -0.354 e. The number of thioether (sulfide) groups is 1. The molecular weight excluding hydrogens is 253 g/mol. The summed E-state index contributed by atoms with van der Waals surface area (Å²) in [6, 6.07) is -0.255. The Morgan fingerprint density at radius 1 is 1.53 bits per heavy atom. The highest BCUT2D eigenvalue weighted by atomic mass is 32.2. The van der Waals surface area contributed by atoms with Gasteiger partial charge in [-0.2, -0.15) is 13.2 Å². The van der Waals surface area contributed by atoms with Gasteiger partial charge < -0.3 is 10.6 Å². The van der Waals surface area contributed by atoms with E-state index in [1.807, 2.05) is 0 Å². The second-order valence-corrected chi connectivity index (χ2v) is 5.38. The number of carbonyl (C=O) groups is 1. The summed E-state index contributed by atoms with van der Waals surface area (Å²) >= 11 is -0.112. The molecule has 1 aliphatic heterocycles. The molecule has 0 aromatic rings. The van der Waals surface area contributed by atoms with Crippen LogP contribution in [0.5, 0.6) is 0 Å². The van der Waals surface area contributed by atoms with Crippen LogP contribution in [0.1, 0.15) is 19.8 Å². The van der Waals surface area contributed by atoms with Gasteiger partial charge in [0, 0.05) is 12.3 Å². The van der Waals surface area contributed by atoms with Gasteiger partial charge in [0.05, 0.1) is 6.04 Å². The van der Waals surface area contributed by atoms with Crippen molar-refractivity contribution >= 4 is 17.7 Å². The first-order valence-electron chi connectivity index (χ1n) is 5.60. The fourth-order valence-corrected chi connectivity index (χ4v) is 2.21. The Bertz CT molecular complexity index is 260. The van der Waals surface area contributed by atoms with Crippen LogP contribution in [0.4, 0.5) is 13.2 Å². The fraction of sp³-hybridized carbons (Fsp3) is 0.900. The molecule has 2 atom stereocenters. The molecule has 0 saturated carbocycles. The highest BCUT2D eigenvalue weighted by molar-refractivity contribution is 8.00. The molecule has 2 unspecified atom stereocenters. The summed E-state index contributed by atoms with van der Waals surface area (Å²) in [5.74, 6) is 0.146. The van der Waals surface area contributed by atoms with Crippen molar-refractivity contribution in [2.45, 2.75) is 31.3 Å². The van der Waals surface area contributed by atoms with Gasteiger partial charge in [-0.05, 0) is 37.1 Å². The van der Waals surface area contributed by atoms with Crippen LogP contribution in [0.3, 0.4) is 0 Å². The average Bonchev–Trinajstić information content (AvgIpc) is 2.23. The Morgan fingerprint density at radius 3 is 2.82 bits per heavy atom. The fourth-order valence-electron chi connectivity index (χ4n) is 1.77. The molecule has 7 heteroatoms. The van der Waals surface area contributed by atoms with E-state index < -0.39 is 5.51 Å². The SMILES string of the molecule is CC1CCNC(C(=O)NCCSC(F)(F)F)C1. The molecule has 0 radical (unpaired) electrons. The van der Waals surface area contributed by atoms with E-state index in [9.17, 15) is 18.0 Å². The second kappa shape index (κ2) is 6.49. The van der Waals surface area contributed by atoms with Crippen LogP contribution < -0.4 is 10.6 Å². The Balaban J connectivity index is 2.16. The third-order valence-electron chi connectivity index (χ3n) is 2.65. The standard InChI is InChI=1S/C10H17F3N2OS/c1-7-2-3-14-8(6-7)9(16)15-4-5-17-10(11,12)13/h7-8,14H,2-6H2,1H3,(H,15,16). The maximum Gasteiger partial charge on any atom is 0.441 e. The smallest absolute Gasteiger partial charge is 0.354 e. The van der Waals surface area contributed by atoms with Gasteiger partial charge in [-0.25, -0.2) is 0 Å². The van der Waals surface area contributed by atoms with Gasteiger partial charge in [-0.1, -0.05) is 6.92 Å². The highest BCUT2D eigenvalue weighted by Crippen LogP contribution is 2.29. The molecule has 0 aliphatic carbocycles. The molecular formula is C10H17F3N2OS. The third-order valence-corrected chi connectivity index (χ3v) is 3.39. The van der Waals surface area contributed by atoms with Crippen LogP contribution in [-0.2, 0) is 4.79 Å². The number of rotatable bonds is 4. The molecule has 0 aromatic carbocycles. The molecule has 0 aromatic heterocycles. The average molecular weight is 270 g/mol. The van der Waals surface area contributed by atoms with E-state index in [4.69, 9.17) is 0 Å². The zero-order chi connectivity index (χ0) is 12.9. The van der Waals surface area contributed by atoms with Gasteiger partial charge in [-0.15, -0.1) is 0 Å². The first-order chi connectivity index (χ1) is 7.88. The van der Waals surface area contributed by atoms with E-state index in [2.05, 4.69) is 17.6 Å². The van der Waals surface area contributed by atoms with Crippen molar-refractivity contribution < 1.29 is 18.0 Å². The van der Waals surface area contributed by atoms with E-state index in [1.54, 1.807) is 0 Å². The van der Waals surface area contributed by atoms with E-state index in [-0.39, 0.29) is 36.0 Å². The van der Waals surface area contributed by atoms with Crippen LogP contribution in [0.2, 0.25) is 0 Å². The van der Waals surface area contributed by atoms with Gasteiger partial charge in [-0.3, -0.25) is 4.79 Å². The Hall–Kier alpha value is -0.430. The minimum atomic E-state index is -4.22. The molecule has 1 amide bonds. The predicted molar refractivity (Wildman–Crippen MR) is 61.7 cm³/mol. The number of halogens is 3. The molecule has 17 heavy (non-hydrogen) atoms. The van der Waals surface area contributed by atoms with Crippen LogP contribution in [0, 0.1) is 5.92 Å². The monoisotopic (exact) mass is 270 g/mol. The maximum absolute atomic E-state index is 11.8. The topological polar surface area (TPSA) is 41.1 Å². The molecule has 1 aliphatic rings. The summed E-state index contributed by atoms with van der Waals surface area (Å²) in [4.78, 5) is 11.6. The van der Waals surface area contributed by atoms with Crippen molar-refractivity contribution in [1.29, 1.82) is 0 Å². The number of nitrogens with one attached hydrogen (secondary N) is 2. The van der Waals surface area contributed by atoms with Crippen LogP contribution in [-0.4, -0.2) is 36.3 Å². The molecule has 100 valence electrons. The van der Waals surface area contributed by atoms with Gasteiger partial charge in [0.2, 0.25) is 5.91 Å². The summed E-state index contributed by atoms with van der Waals surface area (Å²) < 4.78 is 35.5. The van der Waals surface area contributed by atoms with Crippen molar-refractivity contribution in [3.8, 4) is 0 Å². The largest absolute Gasteiger partial charge is 0.441 e. The van der Waals surface area contributed by atoms with Crippen LogP contribution in [0.15, 0.2) is 0 Å². The lowest BCUT2D eigenvalue weighted by molar-refractivity contribution is -0.123. The normalized spacial score (nSPS) is 25.6. The van der Waals surface area contributed by atoms with Crippen LogP contribution in [0.25, 0.3) is 0 Å².